The molecule has 1 saturated heterocycles. The number of fused-ring (bicyclic) bond motifs is 5. The van der Waals surface area contributed by atoms with Gasteiger partial charge in [-0.2, -0.15) is 0 Å². The van der Waals surface area contributed by atoms with Crippen LogP contribution in [0.3, 0.4) is 0 Å². The molecular formula is C28H25BO3. The zero-order valence-electron chi connectivity index (χ0n) is 18.8. The molecule has 1 aromatic heterocycles. The number of hydrogen-bond donors (Lipinski definition) is 0. The van der Waals surface area contributed by atoms with Crippen LogP contribution in [-0.2, 0) is 9.31 Å². The van der Waals surface area contributed by atoms with E-state index < -0.39 is 0 Å². The Morgan fingerprint density at radius 3 is 2.03 bits per heavy atom. The minimum absolute atomic E-state index is 0.351. The lowest BCUT2D eigenvalue weighted by atomic mass is 9.78. The van der Waals surface area contributed by atoms with Crippen LogP contribution in [0.2, 0.25) is 0 Å². The number of furan rings is 1. The van der Waals surface area contributed by atoms with Gasteiger partial charge < -0.3 is 13.7 Å². The van der Waals surface area contributed by atoms with E-state index in [1.807, 2.05) is 12.1 Å². The second-order valence-corrected chi connectivity index (χ2v) is 9.66. The lowest BCUT2D eigenvalue weighted by Gasteiger charge is -2.32. The molecule has 158 valence electrons. The fourth-order valence-electron chi connectivity index (χ4n) is 4.59. The zero-order valence-corrected chi connectivity index (χ0v) is 18.8. The lowest BCUT2D eigenvalue weighted by Crippen LogP contribution is -2.41. The van der Waals surface area contributed by atoms with Crippen LogP contribution >= 0.6 is 0 Å². The Labute approximate surface area is 188 Å². The molecule has 0 unspecified atom stereocenters. The van der Waals surface area contributed by atoms with E-state index in [0.29, 0.717) is 0 Å². The summed E-state index contributed by atoms with van der Waals surface area (Å²) in [5.74, 6) is 0. The molecule has 0 spiro atoms. The molecule has 4 aromatic carbocycles. The standard InChI is InChI=1S/C28H25BO3/c1-27(2)28(3,4)32-29(31-27)20-15-13-18(14-16-20)23-17-19-9-5-6-10-21(19)26-25(23)22-11-7-8-12-24(22)30-26/h5-17H,1-4H3. The molecule has 3 nitrogen and oxygen atoms in total. The summed E-state index contributed by atoms with van der Waals surface area (Å²) in [6.45, 7) is 8.32. The van der Waals surface area contributed by atoms with Crippen LogP contribution in [0.1, 0.15) is 27.7 Å². The molecule has 0 radical (unpaired) electrons. The summed E-state index contributed by atoms with van der Waals surface area (Å²) in [4.78, 5) is 0. The van der Waals surface area contributed by atoms with Crippen molar-refractivity contribution in [1.82, 2.24) is 0 Å². The highest BCUT2D eigenvalue weighted by atomic mass is 16.7. The van der Waals surface area contributed by atoms with Crippen molar-refractivity contribution >= 4 is 45.3 Å². The summed E-state index contributed by atoms with van der Waals surface area (Å²) in [5.41, 5.74) is 4.49. The first-order valence-electron chi connectivity index (χ1n) is 11.1. The van der Waals surface area contributed by atoms with Crippen molar-refractivity contribution < 1.29 is 13.7 Å². The highest BCUT2D eigenvalue weighted by Gasteiger charge is 2.51. The van der Waals surface area contributed by atoms with Crippen LogP contribution in [0.5, 0.6) is 0 Å². The van der Waals surface area contributed by atoms with E-state index >= 15 is 0 Å². The molecule has 0 amide bonds. The second kappa shape index (κ2) is 6.71. The molecule has 0 N–H and O–H groups in total. The Kier molecular flexibility index (Phi) is 4.11. The summed E-state index contributed by atoms with van der Waals surface area (Å²) < 4.78 is 18.8. The van der Waals surface area contributed by atoms with Crippen LogP contribution in [0.15, 0.2) is 83.3 Å². The van der Waals surface area contributed by atoms with E-state index in [0.717, 1.165) is 38.4 Å². The first-order chi connectivity index (χ1) is 15.3. The lowest BCUT2D eigenvalue weighted by molar-refractivity contribution is 0.00578. The molecule has 1 aliphatic rings. The zero-order chi connectivity index (χ0) is 22.1. The fourth-order valence-corrected chi connectivity index (χ4v) is 4.59. The molecule has 2 heterocycles. The Hall–Kier alpha value is -3.08. The third kappa shape index (κ3) is 2.83. The van der Waals surface area contributed by atoms with E-state index in [9.17, 15) is 0 Å². The minimum atomic E-state index is -0.361. The molecule has 0 saturated carbocycles. The van der Waals surface area contributed by atoms with Crippen molar-refractivity contribution in [1.29, 1.82) is 0 Å². The quantitative estimate of drug-likeness (QED) is 0.298. The van der Waals surface area contributed by atoms with E-state index in [1.165, 1.54) is 10.9 Å². The molecule has 0 bridgehead atoms. The number of para-hydroxylation sites is 1. The van der Waals surface area contributed by atoms with Gasteiger partial charge in [-0.1, -0.05) is 66.7 Å². The molecule has 0 aliphatic carbocycles. The smallest absolute Gasteiger partial charge is 0.455 e. The average Bonchev–Trinajstić information content (AvgIpc) is 3.27. The van der Waals surface area contributed by atoms with Crippen molar-refractivity contribution in [3.63, 3.8) is 0 Å². The maximum absolute atomic E-state index is 6.34. The topological polar surface area (TPSA) is 31.6 Å². The first-order valence-corrected chi connectivity index (χ1v) is 11.1. The van der Waals surface area contributed by atoms with Gasteiger partial charge in [0.15, 0.2) is 0 Å². The fraction of sp³-hybridized carbons (Fsp3) is 0.214. The Morgan fingerprint density at radius 1 is 0.688 bits per heavy atom. The van der Waals surface area contributed by atoms with Crippen LogP contribution in [0.4, 0.5) is 0 Å². The second-order valence-electron chi connectivity index (χ2n) is 9.66. The van der Waals surface area contributed by atoms with Gasteiger partial charge in [0.2, 0.25) is 0 Å². The van der Waals surface area contributed by atoms with Gasteiger partial charge >= 0.3 is 7.12 Å². The van der Waals surface area contributed by atoms with Gasteiger partial charge in [-0.3, -0.25) is 0 Å². The summed E-state index contributed by atoms with van der Waals surface area (Å²) in [6.07, 6.45) is 0. The molecule has 1 fully saturated rings. The van der Waals surface area contributed by atoms with Crippen molar-refractivity contribution in [3.05, 3.63) is 78.9 Å². The summed E-state index contributed by atoms with van der Waals surface area (Å²) in [7, 11) is -0.361. The van der Waals surface area contributed by atoms with Crippen LogP contribution < -0.4 is 5.46 Å². The monoisotopic (exact) mass is 420 g/mol. The van der Waals surface area contributed by atoms with Gasteiger partial charge in [0.25, 0.3) is 0 Å². The van der Waals surface area contributed by atoms with Gasteiger partial charge in [0.05, 0.1) is 11.2 Å². The van der Waals surface area contributed by atoms with Gasteiger partial charge in [-0.15, -0.1) is 0 Å². The van der Waals surface area contributed by atoms with Crippen molar-refractivity contribution in [2.45, 2.75) is 38.9 Å². The van der Waals surface area contributed by atoms with Gasteiger partial charge in [0.1, 0.15) is 11.2 Å². The predicted molar refractivity (Wildman–Crippen MR) is 132 cm³/mol. The van der Waals surface area contributed by atoms with Crippen LogP contribution in [0.25, 0.3) is 43.8 Å². The van der Waals surface area contributed by atoms with E-state index in [4.69, 9.17) is 13.7 Å². The third-order valence-electron chi connectivity index (χ3n) is 7.12. The van der Waals surface area contributed by atoms with Crippen LogP contribution in [-0.4, -0.2) is 18.3 Å². The maximum Gasteiger partial charge on any atom is 0.494 e. The summed E-state index contributed by atoms with van der Waals surface area (Å²) >= 11 is 0. The first kappa shape index (κ1) is 19.6. The van der Waals surface area contributed by atoms with E-state index in [2.05, 4.69) is 94.4 Å². The number of benzene rings is 4. The molecule has 1 aliphatic heterocycles. The molecule has 6 rings (SSSR count). The number of rotatable bonds is 2. The molecular weight excluding hydrogens is 395 g/mol. The minimum Gasteiger partial charge on any atom is -0.455 e. The van der Waals surface area contributed by atoms with Gasteiger partial charge in [0, 0.05) is 16.2 Å². The van der Waals surface area contributed by atoms with Crippen molar-refractivity contribution in [2.75, 3.05) is 0 Å². The highest BCUT2D eigenvalue weighted by molar-refractivity contribution is 6.62. The molecule has 32 heavy (non-hydrogen) atoms. The Morgan fingerprint density at radius 2 is 1.31 bits per heavy atom. The van der Waals surface area contributed by atoms with Crippen molar-refractivity contribution in [2.24, 2.45) is 0 Å². The molecule has 0 atom stereocenters. The van der Waals surface area contributed by atoms with Gasteiger partial charge in [-0.25, -0.2) is 0 Å². The normalized spacial score (nSPS) is 17.6. The summed E-state index contributed by atoms with van der Waals surface area (Å²) in [5, 5.41) is 4.60. The highest BCUT2D eigenvalue weighted by Crippen LogP contribution is 2.41. The van der Waals surface area contributed by atoms with E-state index in [-0.39, 0.29) is 18.3 Å². The molecule has 5 aromatic rings. The van der Waals surface area contributed by atoms with Crippen LogP contribution in [0, 0.1) is 0 Å². The Balaban J connectivity index is 1.51. The third-order valence-corrected chi connectivity index (χ3v) is 7.12. The van der Waals surface area contributed by atoms with Crippen molar-refractivity contribution in [3.8, 4) is 11.1 Å². The SMILES string of the molecule is CC1(C)OB(c2ccc(-c3cc4ccccc4c4oc5ccccc5c34)cc2)OC1(C)C. The maximum atomic E-state index is 6.34. The number of hydrogen-bond acceptors (Lipinski definition) is 3. The van der Waals surface area contributed by atoms with E-state index in [1.54, 1.807) is 0 Å². The Bertz CT molecular complexity index is 1460. The molecule has 4 heteroatoms. The largest absolute Gasteiger partial charge is 0.494 e. The van der Waals surface area contributed by atoms with Gasteiger partial charge in [-0.05, 0) is 61.8 Å². The predicted octanol–water partition coefficient (Wildman–Crippen LogP) is 6.71. The average molecular weight is 420 g/mol. The summed E-state index contributed by atoms with van der Waals surface area (Å²) in [6, 6.07) is 27.5.